The van der Waals surface area contributed by atoms with Crippen LogP contribution in [0.25, 0.3) is 0 Å². The number of benzene rings is 1. The quantitative estimate of drug-likeness (QED) is 0.878. The third-order valence-corrected chi connectivity index (χ3v) is 3.73. The highest BCUT2D eigenvalue weighted by Gasteiger charge is 2.14. The minimum atomic E-state index is 0.221. The van der Waals surface area contributed by atoms with Gasteiger partial charge in [-0.25, -0.2) is 0 Å². The van der Waals surface area contributed by atoms with Crippen molar-refractivity contribution in [2.24, 2.45) is 0 Å². The van der Waals surface area contributed by atoms with Crippen molar-refractivity contribution in [3.05, 3.63) is 58.7 Å². The lowest BCUT2D eigenvalue weighted by molar-refractivity contribution is 0.514. The third-order valence-electron chi connectivity index (χ3n) is 3.73. The van der Waals surface area contributed by atoms with E-state index in [4.69, 9.17) is 0 Å². The molecule has 1 atom stereocenters. The second-order valence-electron chi connectivity index (χ2n) is 5.72. The minimum Gasteiger partial charge on any atom is -0.308 e. The Kier molecular flexibility index (Phi) is 5.45. The summed E-state index contributed by atoms with van der Waals surface area (Å²) >= 11 is 0. The highest BCUT2D eigenvalue weighted by Crippen LogP contribution is 2.20. The van der Waals surface area contributed by atoms with Gasteiger partial charge in [-0.15, -0.1) is 0 Å². The Balaban J connectivity index is 2.23. The van der Waals surface area contributed by atoms with Gasteiger partial charge in [0.15, 0.2) is 0 Å². The molecule has 0 saturated heterocycles. The molecule has 1 unspecified atom stereocenters. The molecule has 0 aliphatic heterocycles. The topological polar surface area (TPSA) is 37.8 Å². The smallest absolute Gasteiger partial charge is 0.0759 e. The second-order valence-corrected chi connectivity index (χ2v) is 5.72. The van der Waals surface area contributed by atoms with Gasteiger partial charge in [0.05, 0.1) is 23.6 Å². The number of aryl methyl sites for hydroxylation is 3. The summed E-state index contributed by atoms with van der Waals surface area (Å²) in [6.45, 7) is 9.46. The summed E-state index contributed by atoms with van der Waals surface area (Å²) in [6, 6.07) is 6.86. The Hall–Kier alpha value is -1.74. The van der Waals surface area contributed by atoms with E-state index in [1.807, 2.05) is 19.3 Å². The largest absolute Gasteiger partial charge is 0.308 e. The molecule has 0 fully saturated rings. The van der Waals surface area contributed by atoms with Gasteiger partial charge in [-0.05, 0) is 51.3 Å². The normalized spacial score (nSPS) is 12.4. The highest BCUT2D eigenvalue weighted by atomic mass is 14.9. The van der Waals surface area contributed by atoms with E-state index in [2.05, 4.69) is 54.3 Å². The second kappa shape index (κ2) is 7.32. The van der Waals surface area contributed by atoms with Crippen LogP contribution in [0.4, 0.5) is 0 Å². The van der Waals surface area contributed by atoms with Gasteiger partial charge in [0.25, 0.3) is 0 Å². The lowest BCUT2D eigenvalue weighted by atomic mass is 9.97. The number of nitrogens with one attached hydrogen (secondary N) is 1. The monoisotopic (exact) mass is 283 g/mol. The zero-order valence-electron chi connectivity index (χ0n) is 13.5. The van der Waals surface area contributed by atoms with E-state index in [0.29, 0.717) is 0 Å². The summed E-state index contributed by atoms with van der Waals surface area (Å²) in [5.41, 5.74) is 6.00. The fourth-order valence-electron chi connectivity index (χ4n) is 2.42. The minimum absolute atomic E-state index is 0.221. The van der Waals surface area contributed by atoms with Crippen LogP contribution in [-0.4, -0.2) is 16.5 Å². The molecule has 0 saturated carbocycles. The summed E-state index contributed by atoms with van der Waals surface area (Å²) < 4.78 is 0. The molecule has 112 valence electrons. The summed E-state index contributed by atoms with van der Waals surface area (Å²) in [4.78, 5) is 8.94. The Morgan fingerprint density at radius 1 is 1.10 bits per heavy atom. The molecule has 0 spiro atoms. The molecular weight excluding hydrogens is 258 g/mol. The Morgan fingerprint density at radius 3 is 2.57 bits per heavy atom. The first kappa shape index (κ1) is 15.6. The van der Waals surface area contributed by atoms with Crippen LogP contribution in [0.2, 0.25) is 0 Å². The average Bonchev–Trinajstić information content (AvgIpc) is 2.48. The van der Waals surface area contributed by atoms with Gasteiger partial charge in [-0.1, -0.05) is 30.7 Å². The zero-order valence-corrected chi connectivity index (χ0v) is 13.5. The molecule has 3 nitrogen and oxygen atoms in total. The van der Waals surface area contributed by atoms with Gasteiger partial charge in [-0.3, -0.25) is 9.97 Å². The van der Waals surface area contributed by atoms with Crippen molar-refractivity contribution in [1.29, 1.82) is 0 Å². The molecule has 2 aromatic rings. The average molecular weight is 283 g/mol. The lowest BCUT2D eigenvalue weighted by Crippen LogP contribution is -2.25. The van der Waals surface area contributed by atoms with Crippen molar-refractivity contribution < 1.29 is 0 Å². The van der Waals surface area contributed by atoms with Crippen molar-refractivity contribution in [3.63, 3.8) is 0 Å². The number of hydrogen-bond acceptors (Lipinski definition) is 3. The predicted molar refractivity (Wildman–Crippen MR) is 87.4 cm³/mol. The van der Waals surface area contributed by atoms with Crippen LogP contribution in [0.3, 0.4) is 0 Å². The van der Waals surface area contributed by atoms with Gasteiger partial charge >= 0.3 is 0 Å². The summed E-state index contributed by atoms with van der Waals surface area (Å²) in [5, 5.41) is 3.60. The molecule has 0 radical (unpaired) electrons. The maximum absolute atomic E-state index is 4.55. The molecular formula is C18H25N3. The zero-order chi connectivity index (χ0) is 15.2. The summed E-state index contributed by atoms with van der Waals surface area (Å²) in [5.74, 6) is 0. The van der Waals surface area contributed by atoms with Crippen molar-refractivity contribution in [1.82, 2.24) is 15.3 Å². The van der Waals surface area contributed by atoms with E-state index in [9.17, 15) is 0 Å². The maximum Gasteiger partial charge on any atom is 0.0759 e. The van der Waals surface area contributed by atoms with Crippen LogP contribution in [0, 0.1) is 20.8 Å². The van der Waals surface area contributed by atoms with Gasteiger partial charge in [-0.2, -0.15) is 0 Å². The number of rotatable bonds is 6. The number of hydrogen-bond donors (Lipinski definition) is 1. The van der Waals surface area contributed by atoms with Crippen LogP contribution in [0.15, 0.2) is 30.6 Å². The predicted octanol–water partition coefficient (Wildman–Crippen LogP) is 3.69. The van der Waals surface area contributed by atoms with Crippen molar-refractivity contribution >= 4 is 0 Å². The molecule has 0 bridgehead atoms. The molecule has 2 rings (SSSR count). The summed E-state index contributed by atoms with van der Waals surface area (Å²) in [6.07, 6.45) is 5.81. The molecule has 1 aromatic heterocycles. The van der Waals surface area contributed by atoms with Crippen LogP contribution >= 0.6 is 0 Å². The van der Waals surface area contributed by atoms with Crippen LogP contribution in [-0.2, 0) is 6.42 Å². The molecule has 1 heterocycles. The maximum atomic E-state index is 4.55. The van der Waals surface area contributed by atoms with E-state index in [-0.39, 0.29) is 6.04 Å². The molecule has 0 aliphatic carbocycles. The third kappa shape index (κ3) is 4.36. The first-order chi connectivity index (χ1) is 10.1. The molecule has 0 aliphatic rings. The summed E-state index contributed by atoms with van der Waals surface area (Å²) in [7, 11) is 0. The lowest BCUT2D eigenvalue weighted by Gasteiger charge is -2.19. The molecule has 0 amide bonds. The fourth-order valence-corrected chi connectivity index (χ4v) is 2.42. The van der Waals surface area contributed by atoms with Gasteiger partial charge in [0.1, 0.15) is 0 Å². The van der Waals surface area contributed by atoms with Gasteiger partial charge in [0, 0.05) is 6.20 Å². The Bertz CT molecular complexity index is 576. The van der Waals surface area contributed by atoms with E-state index in [1.165, 1.54) is 16.7 Å². The molecule has 1 N–H and O–H groups in total. The van der Waals surface area contributed by atoms with Crippen LogP contribution < -0.4 is 5.32 Å². The van der Waals surface area contributed by atoms with Gasteiger partial charge in [0.2, 0.25) is 0 Å². The van der Waals surface area contributed by atoms with Crippen molar-refractivity contribution in [2.75, 3.05) is 6.54 Å². The highest BCUT2D eigenvalue weighted by molar-refractivity contribution is 5.31. The van der Waals surface area contributed by atoms with E-state index in [0.717, 1.165) is 30.8 Å². The molecule has 3 heteroatoms. The standard InChI is InChI=1S/C18H25N3/c1-5-8-19-17(18-12-20-15(4)11-21-18)10-16-9-13(2)6-7-14(16)3/h6-7,9,11-12,17,19H,5,8,10H2,1-4H3. The SMILES string of the molecule is CCCNC(Cc1cc(C)ccc1C)c1cnc(C)cn1. The van der Waals surface area contributed by atoms with Crippen molar-refractivity contribution in [3.8, 4) is 0 Å². The van der Waals surface area contributed by atoms with E-state index < -0.39 is 0 Å². The fraction of sp³-hybridized carbons (Fsp3) is 0.444. The Labute approximate surface area is 127 Å². The number of aromatic nitrogens is 2. The van der Waals surface area contributed by atoms with Crippen LogP contribution in [0.5, 0.6) is 0 Å². The molecule has 21 heavy (non-hydrogen) atoms. The van der Waals surface area contributed by atoms with Crippen LogP contribution in [0.1, 0.15) is 47.5 Å². The van der Waals surface area contributed by atoms with E-state index >= 15 is 0 Å². The van der Waals surface area contributed by atoms with Gasteiger partial charge < -0.3 is 5.32 Å². The first-order valence-corrected chi connectivity index (χ1v) is 7.68. The first-order valence-electron chi connectivity index (χ1n) is 7.68. The Morgan fingerprint density at radius 2 is 1.90 bits per heavy atom. The molecule has 1 aromatic carbocycles. The van der Waals surface area contributed by atoms with E-state index in [1.54, 1.807) is 0 Å². The van der Waals surface area contributed by atoms with Crippen molar-refractivity contribution in [2.45, 2.75) is 46.6 Å². The number of nitrogens with zero attached hydrogens (tertiary/aromatic N) is 2.